The number of aliphatic imine (C=N–C) groups is 1. The van der Waals surface area contributed by atoms with E-state index in [9.17, 15) is 0 Å². The first-order valence-electron chi connectivity index (χ1n) is 8.63. The van der Waals surface area contributed by atoms with Crippen LogP contribution in [0.3, 0.4) is 0 Å². The highest BCUT2D eigenvalue weighted by atomic mass is 127. The number of nitrogens with one attached hydrogen (secondary N) is 1. The maximum Gasteiger partial charge on any atom is 0.193 e. The molecule has 3 rings (SSSR count). The van der Waals surface area contributed by atoms with Gasteiger partial charge in [-0.1, -0.05) is 6.07 Å². The molecular formula is C18H27IN6O. The van der Waals surface area contributed by atoms with E-state index in [0.29, 0.717) is 6.61 Å². The molecule has 26 heavy (non-hydrogen) atoms. The van der Waals surface area contributed by atoms with Gasteiger partial charge in [0.2, 0.25) is 0 Å². The van der Waals surface area contributed by atoms with Crippen LogP contribution >= 0.6 is 24.0 Å². The minimum Gasteiger partial charge on any atom is -0.370 e. The summed E-state index contributed by atoms with van der Waals surface area (Å²) in [6.07, 6.45) is 6.77. The average Bonchev–Trinajstić information content (AvgIpc) is 3.07. The second-order valence-electron chi connectivity index (χ2n) is 6.28. The van der Waals surface area contributed by atoms with Crippen molar-refractivity contribution in [2.75, 3.05) is 33.3 Å². The number of aryl methyl sites for hydroxylation is 2. The van der Waals surface area contributed by atoms with E-state index in [1.807, 2.05) is 45.7 Å². The third kappa shape index (κ3) is 5.41. The smallest absolute Gasteiger partial charge is 0.193 e. The Bertz CT molecular complexity index is 715. The van der Waals surface area contributed by atoms with Crippen LogP contribution in [0.1, 0.15) is 22.9 Å². The van der Waals surface area contributed by atoms with Crippen LogP contribution in [0, 0.1) is 6.92 Å². The zero-order chi connectivity index (χ0) is 17.6. The van der Waals surface area contributed by atoms with Crippen LogP contribution in [0.25, 0.3) is 0 Å². The zero-order valence-corrected chi connectivity index (χ0v) is 17.9. The van der Waals surface area contributed by atoms with Gasteiger partial charge in [-0.05, 0) is 25.0 Å². The van der Waals surface area contributed by atoms with Crippen LogP contribution in [0.5, 0.6) is 0 Å². The Kier molecular flexibility index (Phi) is 7.83. The predicted molar refractivity (Wildman–Crippen MR) is 113 cm³/mol. The number of hydrogen-bond acceptors (Lipinski definition) is 4. The van der Waals surface area contributed by atoms with Gasteiger partial charge < -0.3 is 15.0 Å². The fourth-order valence-corrected chi connectivity index (χ4v) is 2.95. The number of hydrogen-bond donors (Lipinski definition) is 1. The van der Waals surface area contributed by atoms with Crippen molar-refractivity contribution in [3.05, 3.63) is 47.5 Å². The minimum atomic E-state index is 0. The lowest BCUT2D eigenvalue weighted by Crippen LogP contribution is -2.48. The lowest BCUT2D eigenvalue weighted by atomic mass is 10.1. The Hall–Kier alpha value is -1.68. The van der Waals surface area contributed by atoms with Gasteiger partial charge in [-0.2, -0.15) is 5.10 Å². The standard InChI is InChI=1S/C18H26N6O.HI/c1-14-4-5-15(10-21-14)6-7-20-18(19-2)24-8-9-25-17(13-24)16-11-22-23(3)12-16;/h4-5,10-12,17H,6-9,13H2,1-3H3,(H,19,20);1H. The summed E-state index contributed by atoms with van der Waals surface area (Å²) in [5, 5.41) is 7.69. The number of morpholine rings is 1. The van der Waals surface area contributed by atoms with E-state index in [-0.39, 0.29) is 30.1 Å². The summed E-state index contributed by atoms with van der Waals surface area (Å²) in [4.78, 5) is 11.0. The number of aromatic nitrogens is 3. The highest BCUT2D eigenvalue weighted by Gasteiger charge is 2.24. The van der Waals surface area contributed by atoms with E-state index < -0.39 is 0 Å². The topological polar surface area (TPSA) is 67.6 Å². The molecule has 0 bridgehead atoms. The van der Waals surface area contributed by atoms with Crippen molar-refractivity contribution in [3.8, 4) is 0 Å². The summed E-state index contributed by atoms with van der Waals surface area (Å²) in [7, 11) is 3.74. The Balaban J connectivity index is 0.00000243. The Labute approximate surface area is 171 Å². The molecule has 2 aromatic heterocycles. The van der Waals surface area contributed by atoms with Crippen molar-refractivity contribution in [1.82, 2.24) is 25.0 Å². The second-order valence-corrected chi connectivity index (χ2v) is 6.28. The third-order valence-corrected chi connectivity index (χ3v) is 4.34. The molecule has 1 atom stereocenters. The molecule has 1 fully saturated rings. The number of halogens is 1. The fourth-order valence-electron chi connectivity index (χ4n) is 2.95. The zero-order valence-electron chi connectivity index (χ0n) is 15.6. The van der Waals surface area contributed by atoms with Crippen molar-refractivity contribution in [2.24, 2.45) is 12.0 Å². The quantitative estimate of drug-likeness (QED) is 0.421. The number of rotatable bonds is 4. The SMILES string of the molecule is CN=C(NCCc1ccc(C)nc1)N1CCOC(c2cnn(C)c2)C1.I. The number of ether oxygens (including phenoxy) is 1. The summed E-state index contributed by atoms with van der Waals surface area (Å²) in [6.45, 7) is 5.12. The lowest BCUT2D eigenvalue weighted by molar-refractivity contribution is -0.00800. The predicted octanol–water partition coefficient (Wildman–Crippen LogP) is 1.93. The molecule has 1 unspecified atom stereocenters. The molecule has 1 N–H and O–H groups in total. The molecule has 0 saturated carbocycles. The fraction of sp³-hybridized carbons (Fsp3) is 0.500. The monoisotopic (exact) mass is 470 g/mol. The molecule has 8 heteroatoms. The van der Waals surface area contributed by atoms with Gasteiger partial charge in [0, 0.05) is 50.8 Å². The summed E-state index contributed by atoms with van der Waals surface area (Å²) in [5.74, 6) is 0.914. The molecule has 2 aromatic rings. The van der Waals surface area contributed by atoms with Crippen LogP contribution in [0.15, 0.2) is 35.7 Å². The number of nitrogens with zero attached hydrogens (tertiary/aromatic N) is 5. The van der Waals surface area contributed by atoms with Crippen molar-refractivity contribution in [1.29, 1.82) is 0 Å². The summed E-state index contributed by atoms with van der Waals surface area (Å²) in [5.41, 5.74) is 3.37. The van der Waals surface area contributed by atoms with Gasteiger partial charge in [0.05, 0.1) is 19.3 Å². The van der Waals surface area contributed by atoms with E-state index in [0.717, 1.165) is 43.3 Å². The first-order chi connectivity index (χ1) is 12.2. The van der Waals surface area contributed by atoms with E-state index in [1.165, 1.54) is 5.56 Å². The molecule has 0 aliphatic carbocycles. The van der Waals surface area contributed by atoms with Crippen LogP contribution < -0.4 is 5.32 Å². The number of guanidine groups is 1. The molecule has 0 radical (unpaired) electrons. The van der Waals surface area contributed by atoms with Crippen LogP contribution in [0.4, 0.5) is 0 Å². The summed E-state index contributed by atoms with van der Waals surface area (Å²) in [6, 6.07) is 4.17. The number of pyridine rings is 1. The molecule has 3 heterocycles. The molecule has 0 spiro atoms. The largest absolute Gasteiger partial charge is 0.370 e. The molecule has 1 aliphatic rings. The Morgan fingerprint density at radius 2 is 2.23 bits per heavy atom. The molecule has 7 nitrogen and oxygen atoms in total. The van der Waals surface area contributed by atoms with Gasteiger partial charge >= 0.3 is 0 Å². The van der Waals surface area contributed by atoms with Crippen molar-refractivity contribution in [3.63, 3.8) is 0 Å². The van der Waals surface area contributed by atoms with E-state index in [4.69, 9.17) is 4.74 Å². The normalized spacial score (nSPS) is 17.7. The van der Waals surface area contributed by atoms with Gasteiger partial charge in [0.25, 0.3) is 0 Å². The van der Waals surface area contributed by atoms with Gasteiger partial charge in [0.15, 0.2) is 5.96 Å². The third-order valence-electron chi connectivity index (χ3n) is 4.34. The molecular weight excluding hydrogens is 443 g/mol. The van der Waals surface area contributed by atoms with Gasteiger partial charge in [0.1, 0.15) is 6.10 Å². The van der Waals surface area contributed by atoms with Crippen molar-refractivity contribution in [2.45, 2.75) is 19.4 Å². The average molecular weight is 470 g/mol. The Morgan fingerprint density at radius 1 is 1.38 bits per heavy atom. The van der Waals surface area contributed by atoms with E-state index in [1.54, 1.807) is 4.68 Å². The van der Waals surface area contributed by atoms with Gasteiger partial charge in [-0.15, -0.1) is 24.0 Å². The first-order valence-corrected chi connectivity index (χ1v) is 8.63. The maximum absolute atomic E-state index is 5.90. The van der Waals surface area contributed by atoms with Crippen LogP contribution in [0.2, 0.25) is 0 Å². The van der Waals surface area contributed by atoms with Gasteiger partial charge in [-0.3, -0.25) is 14.7 Å². The molecule has 0 aromatic carbocycles. The highest BCUT2D eigenvalue weighted by molar-refractivity contribution is 14.0. The summed E-state index contributed by atoms with van der Waals surface area (Å²) < 4.78 is 7.71. The lowest BCUT2D eigenvalue weighted by Gasteiger charge is -2.34. The second kappa shape index (κ2) is 9.86. The summed E-state index contributed by atoms with van der Waals surface area (Å²) >= 11 is 0. The molecule has 0 amide bonds. The molecule has 1 aliphatic heterocycles. The molecule has 1 saturated heterocycles. The minimum absolute atomic E-state index is 0. The van der Waals surface area contributed by atoms with Crippen molar-refractivity contribution < 1.29 is 4.74 Å². The van der Waals surface area contributed by atoms with Crippen LogP contribution in [-0.2, 0) is 18.2 Å². The van der Waals surface area contributed by atoms with Crippen molar-refractivity contribution >= 4 is 29.9 Å². The molecule has 142 valence electrons. The first kappa shape index (κ1) is 20.6. The van der Waals surface area contributed by atoms with E-state index >= 15 is 0 Å². The maximum atomic E-state index is 5.90. The highest BCUT2D eigenvalue weighted by Crippen LogP contribution is 2.21. The van der Waals surface area contributed by atoms with E-state index in [2.05, 4.69) is 31.4 Å². The Morgan fingerprint density at radius 3 is 2.88 bits per heavy atom. The van der Waals surface area contributed by atoms with Gasteiger partial charge in [-0.25, -0.2) is 0 Å². The van der Waals surface area contributed by atoms with Crippen LogP contribution in [-0.4, -0.2) is 58.9 Å².